The minimum Gasteiger partial charge on any atom is -0.398 e. The number of rotatable bonds is 10. The smallest absolute Gasteiger partial charge is 0.261 e. The van der Waals surface area contributed by atoms with Crippen LogP contribution in [0.2, 0.25) is 5.02 Å². The minimum absolute atomic E-state index is 0.0153. The molecule has 0 aromatic heterocycles. The Morgan fingerprint density at radius 3 is 2.51 bits per heavy atom. The number of hydrogen-bond acceptors (Lipinski definition) is 5. The van der Waals surface area contributed by atoms with Gasteiger partial charge in [0.1, 0.15) is 5.82 Å². The second-order valence-corrected chi connectivity index (χ2v) is 10.7. The van der Waals surface area contributed by atoms with E-state index >= 15 is 0 Å². The highest BCUT2D eigenvalue weighted by atomic mass is 35.5. The molecular weight excluding hydrogens is 512 g/mol. The summed E-state index contributed by atoms with van der Waals surface area (Å²) in [7, 11) is -2.67. The summed E-state index contributed by atoms with van der Waals surface area (Å²) in [5.74, 6) is -1.09. The molecule has 2 aromatic carbocycles. The highest BCUT2D eigenvalue weighted by molar-refractivity contribution is 7.77. The number of nitrogens with one attached hydrogen (secondary N) is 1. The SMILES string of the molecule is CC=N/C=C\C(=C/C)CCNC(=O)/C=C(/c1cc(Cl)ccc1N)P(=O)(OC)c1cccc(F)c1.CCC. The van der Waals surface area contributed by atoms with Gasteiger partial charge in [-0.3, -0.25) is 14.4 Å². The number of allylic oxidation sites excluding steroid dienone is 2. The molecule has 1 unspecified atom stereocenters. The first kappa shape index (κ1) is 32.0. The lowest BCUT2D eigenvalue weighted by Gasteiger charge is -2.22. The van der Waals surface area contributed by atoms with Gasteiger partial charge in [-0.25, -0.2) is 4.39 Å². The van der Waals surface area contributed by atoms with Crippen LogP contribution in [-0.2, 0) is 13.9 Å². The maximum atomic E-state index is 14.0. The molecule has 0 spiro atoms. The van der Waals surface area contributed by atoms with Crippen molar-refractivity contribution in [2.45, 2.75) is 40.5 Å². The van der Waals surface area contributed by atoms with Crippen LogP contribution in [0.5, 0.6) is 0 Å². The van der Waals surface area contributed by atoms with Crippen molar-refractivity contribution in [3.8, 4) is 0 Å². The number of anilines is 1. The zero-order valence-corrected chi connectivity index (χ0v) is 23.7. The van der Waals surface area contributed by atoms with Crippen molar-refractivity contribution >= 4 is 47.4 Å². The topological polar surface area (TPSA) is 93.8 Å². The van der Waals surface area contributed by atoms with Crippen molar-refractivity contribution in [1.29, 1.82) is 0 Å². The van der Waals surface area contributed by atoms with Crippen molar-refractivity contribution < 1.29 is 18.3 Å². The highest BCUT2D eigenvalue weighted by Crippen LogP contribution is 2.59. The average Bonchev–Trinajstić information content (AvgIpc) is 2.88. The van der Waals surface area contributed by atoms with Gasteiger partial charge in [-0.2, -0.15) is 0 Å². The molecule has 200 valence electrons. The average molecular weight is 548 g/mol. The molecule has 0 aliphatic rings. The van der Waals surface area contributed by atoms with Gasteiger partial charge in [0.25, 0.3) is 7.37 Å². The van der Waals surface area contributed by atoms with Crippen LogP contribution in [0.4, 0.5) is 10.1 Å². The molecule has 1 atom stereocenters. The van der Waals surface area contributed by atoms with Gasteiger partial charge < -0.3 is 15.6 Å². The second-order valence-electron chi connectivity index (χ2n) is 7.81. The van der Waals surface area contributed by atoms with Crippen molar-refractivity contribution in [1.82, 2.24) is 5.32 Å². The van der Waals surface area contributed by atoms with E-state index in [-0.39, 0.29) is 21.9 Å². The predicted octanol–water partition coefficient (Wildman–Crippen LogP) is 7.13. The first-order valence-electron chi connectivity index (χ1n) is 11.9. The quantitative estimate of drug-likeness (QED) is 0.109. The Labute approximate surface area is 224 Å². The lowest BCUT2D eigenvalue weighted by atomic mass is 10.1. The van der Waals surface area contributed by atoms with Gasteiger partial charge in [0, 0.05) is 53.7 Å². The lowest BCUT2D eigenvalue weighted by Crippen LogP contribution is -2.23. The van der Waals surface area contributed by atoms with Crippen LogP contribution >= 0.6 is 19.0 Å². The third-order valence-electron chi connectivity index (χ3n) is 4.89. The summed E-state index contributed by atoms with van der Waals surface area (Å²) < 4.78 is 33.4. The first-order chi connectivity index (χ1) is 17.7. The fourth-order valence-corrected chi connectivity index (χ4v) is 5.36. The predicted molar refractivity (Wildman–Crippen MR) is 155 cm³/mol. The van der Waals surface area contributed by atoms with Gasteiger partial charge >= 0.3 is 0 Å². The molecule has 0 radical (unpaired) electrons. The fourth-order valence-electron chi connectivity index (χ4n) is 3.13. The van der Waals surface area contributed by atoms with Crippen LogP contribution in [0.3, 0.4) is 0 Å². The summed E-state index contributed by atoms with van der Waals surface area (Å²) in [6, 6.07) is 9.85. The Kier molecular flexibility index (Phi) is 14.5. The normalized spacial score (nSPS) is 13.8. The van der Waals surface area contributed by atoms with Gasteiger partial charge in [0.05, 0.1) is 5.31 Å². The Balaban J connectivity index is 0.00000217. The van der Waals surface area contributed by atoms with E-state index in [2.05, 4.69) is 24.2 Å². The Bertz CT molecular complexity index is 1210. The summed E-state index contributed by atoms with van der Waals surface area (Å²) in [6.07, 6.45) is 10.1. The summed E-state index contributed by atoms with van der Waals surface area (Å²) in [5.41, 5.74) is 7.63. The van der Waals surface area contributed by atoms with E-state index in [0.29, 0.717) is 18.0 Å². The van der Waals surface area contributed by atoms with Crippen LogP contribution in [0.1, 0.15) is 46.1 Å². The molecule has 2 aromatic rings. The summed E-state index contributed by atoms with van der Waals surface area (Å²) in [6.45, 7) is 8.29. The lowest BCUT2D eigenvalue weighted by molar-refractivity contribution is -0.116. The van der Waals surface area contributed by atoms with Crippen LogP contribution < -0.4 is 16.4 Å². The van der Waals surface area contributed by atoms with Crippen LogP contribution in [-0.4, -0.2) is 25.8 Å². The van der Waals surface area contributed by atoms with Gasteiger partial charge in [-0.1, -0.05) is 44.0 Å². The van der Waals surface area contributed by atoms with Crippen LogP contribution in [0.15, 0.2) is 77.5 Å². The van der Waals surface area contributed by atoms with Gasteiger partial charge in [-0.05, 0) is 68.3 Å². The molecule has 0 aliphatic heterocycles. The number of nitrogens with zero attached hydrogens (tertiary/aromatic N) is 1. The van der Waals surface area contributed by atoms with Crippen molar-refractivity contribution in [2.75, 3.05) is 19.4 Å². The molecule has 0 saturated carbocycles. The van der Waals surface area contributed by atoms with Crippen molar-refractivity contribution in [2.24, 2.45) is 4.99 Å². The molecule has 0 fully saturated rings. The van der Waals surface area contributed by atoms with Crippen molar-refractivity contribution in [3.05, 3.63) is 88.9 Å². The number of carbonyl (C=O) groups excluding carboxylic acids is 1. The first-order valence-corrected chi connectivity index (χ1v) is 13.9. The molecular formula is C28H36ClFN3O3P. The summed E-state index contributed by atoms with van der Waals surface area (Å²) >= 11 is 6.15. The van der Waals surface area contributed by atoms with Crippen molar-refractivity contribution in [3.63, 3.8) is 0 Å². The number of hydrogen-bond donors (Lipinski definition) is 2. The maximum Gasteiger partial charge on any atom is 0.261 e. The minimum atomic E-state index is -3.90. The van der Waals surface area contributed by atoms with E-state index in [9.17, 15) is 13.8 Å². The Morgan fingerprint density at radius 2 is 1.92 bits per heavy atom. The van der Waals surface area contributed by atoms with Crippen LogP contribution in [0, 0.1) is 5.82 Å². The summed E-state index contributed by atoms with van der Waals surface area (Å²) in [5, 5.41) is 3.21. The van der Waals surface area contributed by atoms with Gasteiger partial charge in [0.15, 0.2) is 0 Å². The van der Waals surface area contributed by atoms with E-state index in [1.54, 1.807) is 24.5 Å². The Hall–Kier alpha value is -2.99. The molecule has 1 amide bonds. The van der Waals surface area contributed by atoms with E-state index in [1.807, 2.05) is 26.0 Å². The van der Waals surface area contributed by atoms with E-state index < -0.39 is 19.1 Å². The summed E-state index contributed by atoms with van der Waals surface area (Å²) in [4.78, 5) is 16.9. The van der Waals surface area contributed by atoms with E-state index in [4.69, 9.17) is 21.9 Å². The molecule has 0 saturated heterocycles. The van der Waals surface area contributed by atoms with Crippen LogP contribution in [0.25, 0.3) is 5.31 Å². The largest absolute Gasteiger partial charge is 0.398 e. The monoisotopic (exact) mass is 547 g/mol. The van der Waals surface area contributed by atoms with E-state index in [1.165, 1.54) is 43.9 Å². The number of carbonyl (C=O) groups is 1. The zero-order chi connectivity index (χ0) is 27.8. The molecule has 9 heteroatoms. The highest BCUT2D eigenvalue weighted by Gasteiger charge is 2.33. The van der Waals surface area contributed by atoms with Gasteiger partial charge in [0.2, 0.25) is 5.91 Å². The maximum absolute atomic E-state index is 14.0. The standard InChI is InChI=1S/C25H28ClFN3O3P.C3H8/c1-4-18(11-13-29-5-2)12-14-30-25(31)17-24(22-15-19(26)9-10-23(22)28)34(32,33-3)21-8-6-7-20(27)16-21;1-3-2/h4-11,13,15-17H,12,14,28H2,1-3H3,(H,30,31);3H2,1-2H3/b13-11-,18-4+,24-17-,29-5?;. The van der Waals surface area contributed by atoms with E-state index in [0.717, 1.165) is 11.6 Å². The third kappa shape index (κ3) is 10.1. The molecule has 3 N–H and O–H groups in total. The number of amides is 1. The molecule has 0 heterocycles. The zero-order valence-electron chi connectivity index (χ0n) is 22.0. The molecule has 0 aliphatic carbocycles. The fraction of sp³-hybridized carbons (Fsp3) is 0.286. The third-order valence-corrected chi connectivity index (χ3v) is 7.60. The Morgan fingerprint density at radius 1 is 1.22 bits per heavy atom. The number of nitrogens with two attached hydrogens (primary N) is 1. The number of aliphatic imine (C=N–C) groups is 1. The molecule has 6 nitrogen and oxygen atoms in total. The number of benzene rings is 2. The molecule has 0 bridgehead atoms. The molecule has 2 rings (SSSR count). The number of nitrogen functional groups attached to an aromatic ring is 1. The molecule has 37 heavy (non-hydrogen) atoms. The second kappa shape index (κ2) is 16.7. The number of halogens is 2. The van der Waals surface area contributed by atoms with Gasteiger partial charge in [-0.15, -0.1) is 0 Å².